The lowest BCUT2D eigenvalue weighted by Gasteiger charge is -2.10. The quantitative estimate of drug-likeness (QED) is 0.338. The van der Waals surface area contributed by atoms with Gasteiger partial charge in [-0.25, -0.2) is 4.79 Å². The van der Waals surface area contributed by atoms with E-state index in [1.165, 1.54) is 6.92 Å². The van der Waals surface area contributed by atoms with Gasteiger partial charge in [0.2, 0.25) is 6.10 Å². The molecule has 8 heteroatoms. The van der Waals surface area contributed by atoms with Crippen LogP contribution in [-0.2, 0) is 32.9 Å². The monoisotopic (exact) mass is 329 g/mol. The van der Waals surface area contributed by atoms with Gasteiger partial charge in [0.25, 0.3) is 5.85 Å². The molecule has 3 unspecified atom stereocenters. The number of esters is 2. The summed E-state index contributed by atoms with van der Waals surface area (Å²) in [6.45, 7) is 3.02. The van der Waals surface area contributed by atoms with Gasteiger partial charge in [-0.15, -0.1) is 17.4 Å². The third kappa shape index (κ3) is 8.39. The Morgan fingerprint density at radius 1 is 1.18 bits per heavy atom. The predicted molar refractivity (Wildman–Crippen MR) is 77.8 cm³/mol. The summed E-state index contributed by atoms with van der Waals surface area (Å²) in [5.41, 5.74) is 0. The van der Waals surface area contributed by atoms with Crippen LogP contribution in [0.3, 0.4) is 0 Å². The molecular weight excluding hydrogens is 311 g/mol. The largest absolute Gasteiger partial charge is 0.541 e. The molecule has 0 amide bonds. The molecule has 0 bridgehead atoms. The Morgan fingerprint density at radius 3 is 2.32 bits per heavy atom. The van der Waals surface area contributed by atoms with E-state index in [1.54, 1.807) is 6.92 Å². The fourth-order valence-electron chi connectivity index (χ4n) is 1.22. The molecule has 0 aromatic carbocycles. The molecule has 0 spiro atoms. The van der Waals surface area contributed by atoms with Crippen molar-refractivity contribution >= 4 is 20.0 Å². The molecule has 0 saturated carbocycles. The zero-order chi connectivity index (χ0) is 17.0. The summed E-state index contributed by atoms with van der Waals surface area (Å²) < 4.78 is 31.4. The summed E-state index contributed by atoms with van der Waals surface area (Å²) in [6, 6.07) is 0. The number of hydrogen-bond acceptors (Lipinski definition) is 7. The SMILES string of the molecule is C#CCOC(=O)CC(O[P+](=O)C(C)OCC)C(=O)OCC#C. The predicted octanol–water partition coefficient (Wildman–Crippen LogP) is 1.24. The molecule has 0 saturated heterocycles. The fraction of sp³-hybridized carbons (Fsp3) is 0.571. The van der Waals surface area contributed by atoms with Crippen LogP contribution < -0.4 is 0 Å². The van der Waals surface area contributed by atoms with Crippen LogP contribution in [0.4, 0.5) is 0 Å². The zero-order valence-electron chi connectivity index (χ0n) is 12.4. The van der Waals surface area contributed by atoms with E-state index in [1.807, 2.05) is 0 Å². The van der Waals surface area contributed by atoms with Crippen LogP contribution >= 0.6 is 8.03 Å². The molecule has 0 aromatic rings. The van der Waals surface area contributed by atoms with E-state index in [-0.39, 0.29) is 13.2 Å². The van der Waals surface area contributed by atoms with E-state index in [9.17, 15) is 14.2 Å². The molecule has 0 aromatic heterocycles. The van der Waals surface area contributed by atoms with Crippen molar-refractivity contribution in [1.82, 2.24) is 0 Å². The lowest BCUT2D eigenvalue weighted by atomic mass is 10.2. The third-order valence-electron chi connectivity index (χ3n) is 2.17. The summed E-state index contributed by atoms with van der Waals surface area (Å²) in [5.74, 6) is 1.76. The summed E-state index contributed by atoms with van der Waals surface area (Å²) in [5, 5.41) is 0. The van der Waals surface area contributed by atoms with Gasteiger partial charge in [0.05, 0.1) is 6.42 Å². The number of terminal acetylenes is 2. The Bertz CT molecular complexity index is 475. The normalized spacial score (nSPS) is 13.2. The molecule has 0 aliphatic rings. The third-order valence-corrected chi connectivity index (χ3v) is 3.37. The molecule has 0 N–H and O–H groups in total. The number of carbonyl (C=O) groups excluding carboxylic acids is 2. The summed E-state index contributed by atoms with van der Waals surface area (Å²) >= 11 is 0. The standard InChI is InChI=1S/C14H18O7P/c1-5-8-19-13(15)10-12(14(16)20-9-6-2)21-22(17)11(4)18-7-3/h1-2,11-12H,7-10H2,3-4H3/q+1. The molecule has 0 rings (SSSR count). The summed E-state index contributed by atoms with van der Waals surface area (Å²) in [7, 11) is -2.35. The van der Waals surface area contributed by atoms with Crippen molar-refractivity contribution in [3.8, 4) is 24.7 Å². The fourth-order valence-corrected chi connectivity index (χ4v) is 2.07. The average molecular weight is 329 g/mol. The van der Waals surface area contributed by atoms with Crippen LogP contribution in [0.15, 0.2) is 0 Å². The number of hydrogen-bond donors (Lipinski definition) is 0. The Kier molecular flexibility index (Phi) is 10.7. The van der Waals surface area contributed by atoms with Crippen molar-refractivity contribution in [2.45, 2.75) is 32.2 Å². The van der Waals surface area contributed by atoms with Crippen molar-refractivity contribution in [1.29, 1.82) is 0 Å². The van der Waals surface area contributed by atoms with Crippen molar-refractivity contribution < 1.29 is 32.9 Å². The number of ether oxygens (including phenoxy) is 3. The maximum Gasteiger partial charge on any atom is 0.541 e. The van der Waals surface area contributed by atoms with Gasteiger partial charge in [-0.2, -0.15) is 0 Å². The molecular formula is C14H18O7P+. The molecule has 22 heavy (non-hydrogen) atoms. The molecule has 3 atom stereocenters. The number of rotatable bonds is 10. The highest BCUT2D eigenvalue weighted by molar-refractivity contribution is 7.39. The molecule has 120 valence electrons. The maximum absolute atomic E-state index is 11.9. The van der Waals surface area contributed by atoms with Gasteiger partial charge >= 0.3 is 20.0 Å². The van der Waals surface area contributed by atoms with Crippen LogP contribution in [0, 0.1) is 24.7 Å². The van der Waals surface area contributed by atoms with Crippen LogP contribution in [0.1, 0.15) is 20.3 Å². The minimum Gasteiger partial charge on any atom is -0.452 e. The van der Waals surface area contributed by atoms with Gasteiger partial charge in [0, 0.05) is 13.5 Å². The van der Waals surface area contributed by atoms with E-state index in [0.29, 0.717) is 6.61 Å². The lowest BCUT2D eigenvalue weighted by molar-refractivity contribution is -0.156. The molecule has 0 aliphatic carbocycles. The first-order chi connectivity index (χ1) is 10.5. The average Bonchev–Trinajstić information content (AvgIpc) is 2.49. The van der Waals surface area contributed by atoms with Gasteiger partial charge < -0.3 is 14.2 Å². The summed E-state index contributed by atoms with van der Waals surface area (Å²) in [4.78, 5) is 23.3. The summed E-state index contributed by atoms with van der Waals surface area (Å²) in [6.07, 6.45) is 8.02. The Morgan fingerprint density at radius 2 is 1.77 bits per heavy atom. The van der Waals surface area contributed by atoms with E-state index in [0.717, 1.165) is 0 Å². The topological polar surface area (TPSA) is 88.1 Å². The highest BCUT2D eigenvalue weighted by atomic mass is 31.1. The van der Waals surface area contributed by atoms with Crippen molar-refractivity contribution in [3.63, 3.8) is 0 Å². The van der Waals surface area contributed by atoms with E-state index < -0.39 is 38.3 Å². The smallest absolute Gasteiger partial charge is 0.452 e. The highest BCUT2D eigenvalue weighted by Gasteiger charge is 2.38. The Labute approximate surface area is 130 Å². The van der Waals surface area contributed by atoms with Crippen molar-refractivity contribution in [2.75, 3.05) is 19.8 Å². The second-order valence-corrected chi connectivity index (χ2v) is 5.32. The first-order valence-corrected chi connectivity index (χ1v) is 7.64. The van der Waals surface area contributed by atoms with E-state index >= 15 is 0 Å². The molecule has 7 nitrogen and oxygen atoms in total. The van der Waals surface area contributed by atoms with Gasteiger partial charge in [0.1, 0.15) is 0 Å². The molecule has 0 aliphatic heterocycles. The Hall–Kier alpha value is -1.92. The van der Waals surface area contributed by atoms with Crippen LogP contribution in [0.25, 0.3) is 0 Å². The van der Waals surface area contributed by atoms with Crippen LogP contribution in [0.5, 0.6) is 0 Å². The van der Waals surface area contributed by atoms with Crippen molar-refractivity contribution in [3.05, 3.63) is 0 Å². The van der Waals surface area contributed by atoms with Crippen LogP contribution in [0.2, 0.25) is 0 Å². The van der Waals surface area contributed by atoms with Gasteiger partial charge in [0.15, 0.2) is 13.2 Å². The zero-order valence-corrected chi connectivity index (χ0v) is 13.3. The van der Waals surface area contributed by atoms with Crippen LogP contribution in [-0.4, -0.2) is 43.7 Å². The second-order valence-electron chi connectivity index (χ2n) is 3.81. The first-order valence-electron chi connectivity index (χ1n) is 6.40. The van der Waals surface area contributed by atoms with E-state index in [2.05, 4.69) is 21.3 Å². The minimum atomic E-state index is -2.35. The molecule has 0 fully saturated rings. The van der Waals surface area contributed by atoms with Crippen molar-refractivity contribution in [2.24, 2.45) is 0 Å². The van der Waals surface area contributed by atoms with E-state index in [4.69, 9.17) is 22.1 Å². The maximum atomic E-state index is 11.9. The second kappa shape index (κ2) is 11.7. The van der Waals surface area contributed by atoms with Gasteiger partial charge in [-0.3, -0.25) is 4.79 Å². The number of carbonyl (C=O) groups is 2. The van der Waals surface area contributed by atoms with Gasteiger partial charge in [-0.1, -0.05) is 11.8 Å². The molecule has 0 radical (unpaired) electrons. The Balaban J connectivity index is 4.75. The van der Waals surface area contributed by atoms with Gasteiger partial charge in [-0.05, 0) is 11.5 Å². The molecule has 0 heterocycles. The highest BCUT2D eigenvalue weighted by Crippen LogP contribution is 2.33. The first kappa shape index (κ1) is 20.1. The minimum absolute atomic E-state index is 0.244. The lowest BCUT2D eigenvalue weighted by Crippen LogP contribution is -2.29.